The lowest BCUT2D eigenvalue weighted by Crippen LogP contribution is -2.41. The first kappa shape index (κ1) is 37.1. The summed E-state index contributed by atoms with van der Waals surface area (Å²) < 4.78 is 13.9. The van der Waals surface area contributed by atoms with Crippen LogP contribution in [0.1, 0.15) is 44.5 Å². The van der Waals surface area contributed by atoms with Crippen molar-refractivity contribution in [1.82, 2.24) is 10.3 Å². The van der Waals surface area contributed by atoms with Crippen molar-refractivity contribution in [2.45, 2.75) is 45.1 Å². The molecule has 1 N–H and O–H groups in total. The van der Waals surface area contributed by atoms with Crippen LogP contribution in [0.2, 0.25) is 0 Å². The monoisotopic (exact) mass is 794 g/mol. The molecule has 2 aliphatic heterocycles. The van der Waals surface area contributed by atoms with Gasteiger partial charge in [0, 0.05) is 22.5 Å². The summed E-state index contributed by atoms with van der Waals surface area (Å²) in [4.78, 5) is 15.7. The summed E-state index contributed by atoms with van der Waals surface area (Å²) in [5, 5.41) is 4.57. The van der Waals surface area contributed by atoms with Gasteiger partial charge in [-0.15, -0.1) is 0 Å². The number of nitrogens with zero attached hydrogens (tertiary/aromatic N) is 3. The topological polar surface area (TPSA) is 72.0 Å². The van der Waals surface area contributed by atoms with E-state index in [9.17, 15) is 0 Å². The molecule has 1 aromatic heterocycles. The van der Waals surface area contributed by atoms with E-state index in [0.717, 1.165) is 73.4 Å². The second kappa shape index (κ2) is 14.7. The maximum absolute atomic E-state index is 7.07. The number of oxazole rings is 1. The molecule has 6 aromatic rings. The van der Waals surface area contributed by atoms with Crippen LogP contribution < -0.4 is 16.1 Å². The van der Waals surface area contributed by atoms with Crippen molar-refractivity contribution in [3.63, 3.8) is 0 Å². The van der Waals surface area contributed by atoms with Crippen LogP contribution >= 0.6 is 0 Å². The predicted molar refractivity (Wildman–Crippen MR) is 246 cm³/mol. The lowest BCUT2D eigenvalue weighted by atomic mass is 9.65. The van der Waals surface area contributed by atoms with Gasteiger partial charge in [-0.1, -0.05) is 183 Å². The smallest absolute Gasteiger partial charge is 0.228 e. The third kappa shape index (κ3) is 6.41. The summed E-state index contributed by atoms with van der Waals surface area (Å²) in [7, 11) is 0. The van der Waals surface area contributed by atoms with E-state index in [0.29, 0.717) is 5.89 Å². The van der Waals surface area contributed by atoms with Gasteiger partial charge in [0.2, 0.25) is 5.89 Å². The van der Waals surface area contributed by atoms with Crippen molar-refractivity contribution < 1.29 is 9.15 Å². The minimum Gasteiger partial charge on any atom is -0.436 e. The molecule has 6 heteroatoms. The largest absolute Gasteiger partial charge is 0.436 e. The van der Waals surface area contributed by atoms with E-state index in [4.69, 9.17) is 24.1 Å². The Bertz CT molecular complexity index is 2940. The second-order valence-electron chi connectivity index (χ2n) is 17.1. The average molecular weight is 795 g/mol. The van der Waals surface area contributed by atoms with Gasteiger partial charge in [-0.05, 0) is 71.2 Å². The number of hydrogen-bond donors (Lipinski definition) is 1. The number of hydrogen-bond acceptors (Lipinski definition) is 6. The summed E-state index contributed by atoms with van der Waals surface area (Å²) >= 11 is 0. The van der Waals surface area contributed by atoms with E-state index < -0.39 is 11.0 Å². The highest BCUT2D eigenvalue weighted by Crippen LogP contribution is 2.57. The number of nitrogens with one attached hydrogen (secondary N) is 1. The van der Waals surface area contributed by atoms with Crippen LogP contribution in [0.4, 0.5) is 0 Å². The molecule has 0 saturated carbocycles. The summed E-state index contributed by atoms with van der Waals surface area (Å²) in [6, 6.07) is 48.1. The standard InChI is InChI=1S/C55H46N4O2/c1-35-32-45-46(60-53(56-45)48-41(36-18-8-4-9-19-36)26-16-27-42(48)37-20-10-5-11-21-37)33-44(35)40-29-30-47-54(2,34-40)49-43(28-17-31-55(49,3)61-47)52-58-50(38-22-12-6-13-23-38)57-51(59-52)39-24-14-7-15-25-39/h4-30,32-35,44,47,50H,31H2,1-3H3,(H,57,58,59). The van der Waals surface area contributed by atoms with Crippen LogP contribution in [0.3, 0.4) is 0 Å². The van der Waals surface area contributed by atoms with Crippen LogP contribution in [0.25, 0.3) is 45.9 Å². The van der Waals surface area contributed by atoms with Crippen molar-refractivity contribution in [2.24, 2.45) is 27.2 Å². The number of fused-ring (bicyclic) bond motifs is 4. The molecule has 0 bridgehead atoms. The fourth-order valence-corrected chi connectivity index (χ4v) is 10.1. The highest BCUT2D eigenvalue weighted by molar-refractivity contribution is 6.17. The van der Waals surface area contributed by atoms with E-state index in [2.05, 4.69) is 184 Å². The fraction of sp³-hybridized carbons (Fsp3) is 0.182. The van der Waals surface area contributed by atoms with Gasteiger partial charge in [0.25, 0.3) is 0 Å². The van der Waals surface area contributed by atoms with E-state index >= 15 is 0 Å². The van der Waals surface area contributed by atoms with E-state index in [1.807, 2.05) is 24.3 Å². The highest BCUT2D eigenvalue weighted by Gasteiger charge is 2.56. The molecule has 61 heavy (non-hydrogen) atoms. The molecule has 1 fully saturated rings. The maximum atomic E-state index is 7.07. The summed E-state index contributed by atoms with van der Waals surface area (Å²) in [5.41, 5.74) is 10.9. The molecule has 3 heterocycles. The third-order valence-corrected chi connectivity index (χ3v) is 13.0. The molecule has 0 amide bonds. The van der Waals surface area contributed by atoms with Crippen LogP contribution in [-0.4, -0.2) is 28.4 Å². The minimum absolute atomic E-state index is 0.0692. The van der Waals surface area contributed by atoms with Crippen molar-refractivity contribution in [3.05, 3.63) is 209 Å². The Hall–Kier alpha value is -6.89. The first-order chi connectivity index (χ1) is 29.8. The molecule has 0 spiro atoms. The molecule has 11 rings (SSSR count). The number of aromatic nitrogens is 1. The van der Waals surface area contributed by atoms with Gasteiger partial charge in [0.05, 0.1) is 17.3 Å². The molecular formula is C55H46N4O2. The fourth-order valence-electron chi connectivity index (χ4n) is 10.1. The predicted octanol–water partition coefficient (Wildman–Crippen LogP) is 10.6. The minimum atomic E-state index is -0.517. The summed E-state index contributed by atoms with van der Waals surface area (Å²) in [5.74, 6) is 2.48. The Labute approximate surface area is 356 Å². The van der Waals surface area contributed by atoms with Crippen LogP contribution in [-0.2, 0) is 4.74 Å². The van der Waals surface area contributed by atoms with Gasteiger partial charge in [0.1, 0.15) is 17.0 Å². The van der Waals surface area contributed by atoms with Gasteiger partial charge in [-0.25, -0.2) is 15.0 Å². The molecule has 3 aliphatic carbocycles. The lowest BCUT2D eigenvalue weighted by Gasteiger charge is -2.37. The summed E-state index contributed by atoms with van der Waals surface area (Å²) in [6.45, 7) is 6.86. The highest BCUT2D eigenvalue weighted by atomic mass is 16.5. The average Bonchev–Trinajstić information content (AvgIpc) is 3.83. The van der Waals surface area contributed by atoms with Crippen LogP contribution in [0.5, 0.6) is 0 Å². The van der Waals surface area contributed by atoms with Gasteiger partial charge >= 0.3 is 0 Å². The molecule has 6 atom stereocenters. The third-order valence-electron chi connectivity index (χ3n) is 13.0. The molecule has 0 radical (unpaired) electrons. The Kier molecular flexibility index (Phi) is 8.94. The zero-order chi connectivity index (χ0) is 41.1. The molecule has 5 aromatic carbocycles. The van der Waals surface area contributed by atoms with Crippen LogP contribution in [0.15, 0.2) is 201 Å². The number of rotatable bonds is 7. The quantitative estimate of drug-likeness (QED) is 0.175. The van der Waals surface area contributed by atoms with E-state index in [1.54, 1.807) is 0 Å². The normalized spacial score (nSPS) is 26.1. The van der Waals surface area contributed by atoms with Gasteiger partial charge in [0.15, 0.2) is 11.6 Å². The lowest BCUT2D eigenvalue weighted by molar-refractivity contribution is -0.00556. The van der Waals surface area contributed by atoms with Crippen LogP contribution in [0, 0.1) is 17.3 Å². The number of benzene rings is 5. The van der Waals surface area contributed by atoms with E-state index in [1.165, 1.54) is 11.1 Å². The number of aliphatic imine (C=N–C) groups is 2. The first-order valence-corrected chi connectivity index (χ1v) is 21.3. The number of allylic oxidation sites excluding steroid dienone is 2. The van der Waals surface area contributed by atoms with Gasteiger partial charge < -0.3 is 14.5 Å². The van der Waals surface area contributed by atoms with Crippen molar-refractivity contribution in [3.8, 4) is 33.7 Å². The Morgan fingerprint density at radius 1 is 0.672 bits per heavy atom. The van der Waals surface area contributed by atoms with Crippen molar-refractivity contribution in [2.75, 3.05) is 0 Å². The molecule has 5 aliphatic rings. The number of ether oxygens (including phenoxy) is 1. The molecule has 6 nitrogen and oxygen atoms in total. The second-order valence-corrected chi connectivity index (χ2v) is 17.1. The van der Waals surface area contributed by atoms with Gasteiger partial charge in [-0.3, -0.25) is 0 Å². The van der Waals surface area contributed by atoms with Crippen molar-refractivity contribution in [1.29, 1.82) is 0 Å². The Morgan fingerprint density at radius 2 is 1.30 bits per heavy atom. The Morgan fingerprint density at radius 3 is 1.97 bits per heavy atom. The molecule has 298 valence electrons. The van der Waals surface area contributed by atoms with E-state index in [-0.39, 0.29) is 24.1 Å². The number of amidine groups is 2. The SMILES string of the molecule is CC1C=c2nc(-c3c(-c4ccccc4)cccc3-c3ccccc3)oc2=CC1C1=CC2(C)C3=C(C4=NC(c5ccccc5)N=C(c5ccccc5)N4)C=CCC3(C)OC2C=C1. The molecular weight excluding hydrogens is 749 g/mol. The Balaban J connectivity index is 1.01. The van der Waals surface area contributed by atoms with Crippen molar-refractivity contribution >= 4 is 23.8 Å². The molecule has 6 unspecified atom stereocenters. The summed E-state index contributed by atoms with van der Waals surface area (Å²) in [6.07, 6.45) is 16.3. The first-order valence-electron chi connectivity index (χ1n) is 21.3. The zero-order valence-corrected chi connectivity index (χ0v) is 34.5. The van der Waals surface area contributed by atoms with Gasteiger partial charge in [-0.2, -0.15) is 0 Å². The molecule has 1 saturated heterocycles. The maximum Gasteiger partial charge on any atom is 0.228 e. The zero-order valence-electron chi connectivity index (χ0n) is 34.5.